The molecule has 5 rings (SSSR count). The molecule has 1 amide bonds. The van der Waals surface area contributed by atoms with Crippen molar-refractivity contribution in [1.82, 2.24) is 9.99 Å². The number of carbonyl (C=O) groups excluding carboxylic acids is 2. The summed E-state index contributed by atoms with van der Waals surface area (Å²) in [5.74, 6) is -0.122. The number of para-hydroxylation sites is 1. The van der Waals surface area contributed by atoms with E-state index in [0.717, 1.165) is 21.9 Å². The van der Waals surface area contributed by atoms with E-state index >= 15 is 0 Å². The zero-order valence-corrected chi connectivity index (χ0v) is 18.7. The fourth-order valence-corrected chi connectivity index (χ4v) is 3.87. The van der Waals surface area contributed by atoms with Crippen molar-refractivity contribution >= 4 is 51.6 Å². The molecule has 8 nitrogen and oxygen atoms in total. The number of halogens is 1. The maximum Gasteiger partial charge on any atom is 0.373 e. The first-order valence-electron chi connectivity index (χ1n) is 10.3. The highest BCUT2D eigenvalue weighted by molar-refractivity contribution is 6.31. The van der Waals surface area contributed by atoms with Crippen LogP contribution in [-0.4, -0.2) is 29.8 Å². The SMILES string of the molecule is COC(=O)c1ccc(Cn2cc(/C=N\NC(=O)c3cc4cc(Cl)ccc4o3)c3ccccc32)o1. The van der Waals surface area contributed by atoms with E-state index in [1.165, 1.54) is 7.11 Å². The van der Waals surface area contributed by atoms with Crippen LogP contribution in [0.15, 0.2) is 80.8 Å². The van der Waals surface area contributed by atoms with Gasteiger partial charge in [0, 0.05) is 33.1 Å². The quantitative estimate of drug-likeness (QED) is 0.206. The van der Waals surface area contributed by atoms with Crippen LogP contribution in [0, 0.1) is 0 Å². The van der Waals surface area contributed by atoms with Crippen molar-refractivity contribution in [3.05, 3.63) is 94.7 Å². The molecule has 0 spiro atoms. The van der Waals surface area contributed by atoms with Gasteiger partial charge >= 0.3 is 11.9 Å². The number of fused-ring (bicyclic) bond motifs is 2. The smallest absolute Gasteiger partial charge is 0.373 e. The maximum atomic E-state index is 12.5. The third-order valence-electron chi connectivity index (χ3n) is 5.27. The number of rotatable bonds is 6. The van der Waals surface area contributed by atoms with Crippen molar-refractivity contribution < 1.29 is 23.2 Å². The number of hydrogen-bond donors (Lipinski definition) is 1. The standard InChI is InChI=1S/C25H18ClN3O5/c1-32-25(31)22-9-7-18(33-22)14-29-13-16(19-4-2-3-5-20(19)29)12-27-28-24(30)23-11-15-10-17(26)6-8-21(15)34-23/h2-13H,14H2,1H3,(H,28,30)/b27-12-. The molecule has 0 aliphatic rings. The number of furan rings is 2. The van der Waals surface area contributed by atoms with Crippen LogP contribution in [0.4, 0.5) is 0 Å². The minimum Gasteiger partial charge on any atom is -0.463 e. The van der Waals surface area contributed by atoms with Crippen molar-refractivity contribution in [1.29, 1.82) is 0 Å². The third-order valence-corrected chi connectivity index (χ3v) is 5.50. The summed E-state index contributed by atoms with van der Waals surface area (Å²) in [5, 5.41) is 6.34. The second-order valence-electron chi connectivity index (χ2n) is 7.48. The van der Waals surface area contributed by atoms with Crippen LogP contribution in [0.5, 0.6) is 0 Å². The highest BCUT2D eigenvalue weighted by atomic mass is 35.5. The van der Waals surface area contributed by atoms with Crippen molar-refractivity contribution in [2.75, 3.05) is 7.11 Å². The van der Waals surface area contributed by atoms with Crippen molar-refractivity contribution in [2.24, 2.45) is 5.10 Å². The van der Waals surface area contributed by atoms with Gasteiger partial charge in [-0.2, -0.15) is 5.10 Å². The first kappa shape index (κ1) is 21.5. The summed E-state index contributed by atoms with van der Waals surface area (Å²) >= 11 is 5.99. The first-order chi connectivity index (χ1) is 16.5. The highest BCUT2D eigenvalue weighted by Gasteiger charge is 2.14. The number of amides is 1. The summed E-state index contributed by atoms with van der Waals surface area (Å²) in [4.78, 5) is 24.1. The summed E-state index contributed by atoms with van der Waals surface area (Å²) in [7, 11) is 1.30. The van der Waals surface area contributed by atoms with Gasteiger partial charge in [-0.1, -0.05) is 29.8 Å². The molecule has 170 valence electrons. The molecule has 0 atom stereocenters. The van der Waals surface area contributed by atoms with Crippen molar-refractivity contribution in [3.63, 3.8) is 0 Å². The molecule has 0 saturated heterocycles. The summed E-state index contributed by atoms with van der Waals surface area (Å²) in [6.45, 7) is 0.402. The number of hydrogen-bond acceptors (Lipinski definition) is 6. The minimum atomic E-state index is -0.528. The average Bonchev–Trinajstić information content (AvgIpc) is 3.56. The van der Waals surface area contributed by atoms with Crippen molar-refractivity contribution in [3.8, 4) is 0 Å². The molecule has 5 aromatic rings. The number of carbonyl (C=O) groups is 2. The minimum absolute atomic E-state index is 0.135. The van der Waals surface area contributed by atoms with Crippen LogP contribution in [-0.2, 0) is 11.3 Å². The van der Waals surface area contributed by atoms with Crippen LogP contribution in [0.1, 0.15) is 32.4 Å². The normalized spacial score (nSPS) is 11.5. The lowest BCUT2D eigenvalue weighted by Gasteiger charge is -2.02. The number of aromatic nitrogens is 1. The molecule has 0 aliphatic carbocycles. The fourth-order valence-electron chi connectivity index (χ4n) is 3.69. The predicted octanol–water partition coefficient (Wildman–Crippen LogP) is 5.23. The average molecular weight is 476 g/mol. The monoisotopic (exact) mass is 475 g/mol. The molecule has 34 heavy (non-hydrogen) atoms. The lowest BCUT2D eigenvalue weighted by molar-refractivity contribution is 0.0562. The Hall–Kier alpha value is -4.30. The van der Waals surface area contributed by atoms with Crippen molar-refractivity contribution in [2.45, 2.75) is 6.54 Å². The van der Waals surface area contributed by atoms with Crippen LogP contribution in [0.2, 0.25) is 5.02 Å². The van der Waals surface area contributed by atoms with Gasteiger partial charge in [-0.25, -0.2) is 10.2 Å². The number of methoxy groups -OCH3 is 1. The van der Waals surface area contributed by atoms with Crippen LogP contribution in [0.3, 0.4) is 0 Å². The van der Waals surface area contributed by atoms with E-state index in [1.807, 2.05) is 35.0 Å². The van der Waals surface area contributed by atoms with E-state index in [4.69, 9.17) is 20.4 Å². The zero-order valence-electron chi connectivity index (χ0n) is 17.9. The first-order valence-corrected chi connectivity index (χ1v) is 10.7. The Kier molecular flexibility index (Phi) is 5.65. The fraction of sp³-hybridized carbons (Fsp3) is 0.0800. The van der Waals surface area contributed by atoms with E-state index < -0.39 is 11.9 Å². The molecule has 1 N–H and O–H groups in total. The Labute approximate surface area is 198 Å². The summed E-state index contributed by atoms with van der Waals surface area (Å²) < 4.78 is 17.8. The zero-order chi connectivity index (χ0) is 23.7. The molecule has 0 bridgehead atoms. The van der Waals surface area contributed by atoms with Gasteiger partial charge in [0.1, 0.15) is 11.3 Å². The Morgan fingerprint density at radius 3 is 2.79 bits per heavy atom. The molecule has 0 unspecified atom stereocenters. The number of nitrogens with zero attached hydrogens (tertiary/aromatic N) is 2. The molecule has 3 heterocycles. The van der Waals surface area contributed by atoms with Crippen LogP contribution in [0.25, 0.3) is 21.9 Å². The van der Waals surface area contributed by atoms with Crippen LogP contribution < -0.4 is 5.43 Å². The molecule has 0 aliphatic heterocycles. The van der Waals surface area contributed by atoms with E-state index in [1.54, 1.807) is 42.6 Å². The molecule has 2 aromatic carbocycles. The number of hydrazone groups is 1. The van der Waals surface area contributed by atoms with Gasteiger partial charge in [0.25, 0.3) is 0 Å². The molecule has 0 fully saturated rings. The van der Waals surface area contributed by atoms with Gasteiger partial charge in [-0.15, -0.1) is 0 Å². The third kappa shape index (κ3) is 4.18. The van der Waals surface area contributed by atoms with Gasteiger partial charge in [-0.05, 0) is 42.5 Å². The number of ether oxygens (including phenoxy) is 1. The lowest BCUT2D eigenvalue weighted by atomic mass is 10.2. The van der Waals surface area contributed by atoms with E-state index in [-0.39, 0.29) is 11.5 Å². The Morgan fingerprint density at radius 1 is 1.09 bits per heavy atom. The molecule has 0 radical (unpaired) electrons. The van der Waals surface area contributed by atoms with E-state index in [0.29, 0.717) is 22.9 Å². The van der Waals surface area contributed by atoms with Gasteiger partial charge in [0.15, 0.2) is 5.76 Å². The molecular weight excluding hydrogens is 458 g/mol. The molecule has 9 heteroatoms. The maximum absolute atomic E-state index is 12.5. The number of nitrogens with one attached hydrogen (secondary N) is 1. The van der Waals surface area contributed by atoms with Gasteiger partial charge in [-0.3, -0.25) is 4.79 Å². The Bertz CT molecular complexity index is 1560. The summed E-state index contributed by atoms with van der Waals surface area (Å²) in [6, 6.07) is 17.8. The van der Waals surface area contributed by atoms with Gasteiger partial charge < -0.3 is 18.1 Å². The molecule has 3 aromatic heterocycles. The Morgan fingerprint density at radius 2 is 1.94 bits per heavy atom. The van der Waals surface area contributed by atoms with Gasteiger partial charge in [0.2, 0.25) is 5.76 Å². The molecular formula is C25H18ClN3O5. The van der Waals surface area contributed by atoms with Crippen LogP contribution >= 0.6 is 11.6 Å². The number of benzene rings is 2. The second kappa shape index (κ2) is 8.92. The topological polar surface area (TPSA) is 99.0 Å². The lowest BCUT2D eigenvalue weighted by Crippen LogP contribution is -2.16. The Balaban J connectivity index is 1.35. The largest absolute Gasteiger partial charge is 0.463 e. The molecule has 0 saturated carbocycles. The highest BCUT2D eigenvalue weighted by Crippen LogP contribution is 2.24. The summed E-state index contributed by atoms with van der Waals surface area (Å²) in [5.41, 5.74) is 4.80. The van der Waals surface area contributed by atoms with E-state index in [2.05, 4.69) is 15.3 Å². The van der Waals surface area contributed by atoms with E-state index in [9.17, 15) is 9.59 Å². The second-order valence-corrected chi connectivity index (χ2v) is 7.92. The predicted molar refractivity (Wildman–Crippen MR) is 127 cm³/mol. The summed E-state index contributed by atoms with van der Waals surface area (Å²) in [6.07, 6.45) is 3.46. The van der Waals surface area contributed by atoms with Gasteiger partial charge in [0.05, 0.1) is 19.9 Å². The number of esters is 1.